The highest BCUT2D eigenvalue weighted by Gasteiger charge is 2.17. The Bertz CT molecular complexity index is 401. The molecule has 3 heteroatoms. The first-order valence-electron chi connectivity index (χ1n) is 16.6. The van der Waals surface area contributed by atoms with E-state index in [9.17, 15) is 0 Å². The van der Waals surface area contributed by atoms with Crippen molar-refractivity contribution in [3.63, 3.8) is 0 Å². The fraction of sp³-hybridized carbons (Fsp3) is 1.00. The third kappa shape index (κ3) is 23.5. The maximum atomic E-state index is 6.21. The van der Waals surface area contributed by atoms with Crippen LogP contribution in [0.15, 0.2) is 0 Å². The molecular weight excluding hydrogens is 456 g/mol. The van der Waals surface area contributed by atoms with Crippen LogP contribution in [0.1, 0.15) is 159 Å². The molecule has 0 aromatic carbocycles. The van der Waals surface area contributed by atoms with Crippen LogP contribution in [0.2, 0.25) is 0 Å². The average molecular weight is 527 g/mol. The lowest BCUT2D eigenvalue weighted by atomic mass is 9.96. The van der Waals surface area contributed by atoms with E-state index in [0.717, 1.165) is 37.6 Å². The highest BCUT2D eigenvalue weighted by molar-refractivity contribution is 4.60. The van der Waals surface area contributed by atoms with Gasteiger partial charge in [0.1, 0.15) is 0 Å². The van der Waals surface area contributed by atoms with Crippen molar-refractivity contribution in [1.29, 1.82) is 0 Å². The summed E-state index contributed by atoms with van der Waals surface area (Å²) in [7, 11) is 0. The number of rotatable bonds is 27. The zero-order chi connectivity index (χ0) is 27.9. The molecule has 0 aromatic heterocycles. The van der Waals surface area contributed by atoms with Crippen LogP contribution in [-0.2, 0) is 14.2 Å². The molecule has 0 aliphatic rings. The molecule has 0 fully saturated rings. The van der Waals surface area contributed by atoms with Gasteiger partial charge in [-0.2, -0.15) is 0 Å². The van der Waals surface area contributed by atoms with E-state index >= 15 is 0 Å². The summed E-state index contributed by atoms with van der Waals surface area (Å²) in [5.74, 6) is 4.15. The van der Waals surface area contributed by atoms with Gasteiger partial charge in [0.25, 0.3) is 6.48 Å². The smallest absolute Gasteiger partial charge is 0.271 e. The van der Waals surface area contributed by atoms with Crippen molar-refractivity contribution in [3.05, 3.63) is 0 Å². The molecule has 0 heterocycles. The van der Waals surface area contributed by atoms with E-state index in [0.29, 0.717) is 17.8 Å². The van der Waals surface area contributed by atoms with Crippen LogP contribution in [0.3, 0.4) is 0 Å². The minimum Gasteiger partial charge on any atom is -0.330 e. The maximum absolute atomic E-state index is 6.21. The summed E-state index contributed by atoms with van der Waals surface area (Å²) in [6.45, 7) is 22.6. The van der Waals surface area contributed by atoms with Crippen LogP contribution in [0.5, 0.6) is 0 Å². The van der Waals surface area contributed by atoms with E-state index in [1.165, 1.54) is 96.3 Å². The van der Waals surface area contributed by atoms with Crippen LogP contribution in [0.25, 0.3) is 0 Å². The molecule has 0 radical (unpaired) electrons. The van der Waals surface area contributed by atoms with Gasteiger partial charge in [-0.1, -0.05) is 139 Å². The molecule has 37 heavy (non-hydrogen) atoms. The lowest BCUT2D eigenvalue weighted by molar-refractivity contribution is -0.298. The molecule has 3 nitrogen and oxygen atoms in total. The number of hydrogen-bond acceptors (Lipinski definition) is 3. The highest BCUT2D eigenvalue weighted by atomic mass is 16.8. The van der Waals surface area contributed by atoms with E-state index in [4.69, 9.17) is 14.2 Å². The lowest BCUT2D eigenvalue weighted by Crippen LogP contribution is -2.27. The van der Waals surface area contributed by atoms with Gasteiger partial charge in [-0.05, 0) is 54.8 Å². The first kappa shape index (κ1) is 36.9. The van der Waals surface area contributed by atoms with Gasteiger partial charge in [0.05, 0.1) is 19.8 Å². The lowest BCUT2D eigenvalue weighted by Gasteiger charge is -2.24. The Balaban J connectivity index is 4.51. The van der Waals surface area contributed by atoms with Gasteiger partial charge in [0.15, 0.2) is 0 Å². The van der Waals surface area contributed by atoms with Crippen LogP contribution in [0.4, 0.5) is 0 Å². The normalized spacial score (nSPS) is 17.8. The second-order valence-electron chi connectivity index (χ2n) is 13.1. The van der Waals surface area contributed by atoms with Crippen molar-refractivity contribution < 1.29 is 14.2 Å². The SMILES string of the molecule is CCCC(C)CCCC(C)COC(OCC(C)CCCC(C)CCC)OCC(C)CCCC(C)CCC. The Kier molecular flexibility index (Phi) is 24.8. The summed E-state index contributed by atoms with van der Waals surface area (Å²) in [5, 5.41) is 0. The molecule has 0 rings (SSSR count). The van der Waals surface area contributed by atoms with Gasteiger partial charge in [0.2, 0.25) is 0 Å². The molecule has 0 bridgehead atoms. The molecule has 0 spiro atoms. The standard InChI is InChI=1S/C34H70O3/c1-10-16-28(4)19-13-22-31(7)25-35-34(36-26-32(8)23-14-20-29(5)17-11-2)37-27-33(9)24-15-21-30(6)18-12-3/h28-34H,10-27H2,1-9H3. The van der Waals surface area contributed by atoms with Crippen molar-refractivity contribution in [2.75, 3.05) is 19.8 Å². The predicted molar refractivity (Wildman–Crippen MR) is 163 cm³/mol. The Labute approximate surface area is 234 Å². The number of hydrogen-bond donors (Lipinski definition) is 0. The molecule has 6 unspecified atom stereocenters. The summed E-state index contributed by atoms with van der Waals surface area (Å²) in [4.78, 5) is 0. The zero-order valence-corrected chi connectivity index (χ0v) is 27.0. The van der Waals surface area contributed by atoms with Gasteiger partial charge < -0.3 is 14.2 Å². The minimum absolute atomic E-state index is 0.524. The fourth-order valence-electron chi connectivity index (χ4n) is 5.48. The highest BCUT2D eigenvalue weighted by Crippen LogP contribution is 2.21. The largest absolute Gasteiger partial charge is 0.330 e. The van der Waals surface area contributed by atoms with Gasteiger partial charge in [0, 0.05) is 0 Å². The summed E-state index contributed by atoms with van der Waals surface area (Å²) in [5.41, 5.74) is 0. The Morgan fingerprint density at radius 1 is 0.351 bits per heavy atom. The van der Waals surface area contributed by atoms with Crippen molar-refractivity contribution in [2.45, 2.75) is 165 Å². The third-order valence-electron chi connectivity index (χ3n) is 8.08. The molecule has 224 valence electrons. The predicted octanol–water partition coefficient (Wildman–Crippen LogP) is 11.0. The van der Waals surface area contributed by atoms with Crippen molar-refractivity contribution in [3.8, 4) is 0 Å². The molecule has 6 atom stereocenters. The average Bonchev–Trinajstić information content (AvgIpc) is 2.84. The zero-order valence-electron chi connectivity index (χ0n) is 27.0. The second-order valence-corrected chi connectivity index (χ2v) is 13.1. The van der Waals surface area contributed by atoms with E-state index in [1.807, 2.05) is 0 Å². The summed E-state index contributed by atoms with van der Waals surface area (Å²) in [6, 6.07) is 0. The van der Waals surface area contributed by atoms with Crippen molar-refractivity contribution in [2.24, 2.45) is 35.5 Å². The molecule has 0 saturated heterocycles. The van der Waals surface area contributed by atoms with Crippen molar-refractivity contribution in [1.82, 2.24) is 0 Å². The van der Waals surface area contributed by atoms with E-state index in [2.05, 4.69) is 62.3 Å². The Morgan fingerprint density at radius 2 is 0.595 bits per heavy atom. The second kappa shape index (κ2) is 24.9. The fourth-order valence-corrected chi connectivity index (χ4v) is 5.48. The van der Waals surface area contributed by atoms with Crippen LogP contribution in [0, 0.1) is 35.5 Å². The summed E-state index contributed by atoms with van der Waals surface area (Å²) in [6.07, 6.45) is 19.5. The van der Waals surface area contributed by atoms with Crippen molar-refractivity contribution >= 4 is 0 Å². The molecular formula is C34H70O3. The third-order valence-corrected chi connectivity index (χ3v) is 8.08. The summed E-state index contributed by atoms with van der Waals surface area (Å²) >= 11 is 0. The molecule has 0 saturated carbocycles. The molecule has 0 N–H and O–H groups in total. The quantitative estimate of drug-likeness (QED) is 0.0996. The van der Waals surface area contributed by atoms with Gasteiger partial charge in [-0.3, -0.25) is 0 Å². The molecule has 0 amide bonds. The van der Waals surface area contributed by atoms with E-state index < -0.39 is 6.48 Å². The maximum Gasteiger partial charge on any atom is 0.271 e. The molecule has 0 aromatic rings. The monoisotopic (exact) mass is 527 g/mol. The molecule has 0 aliphatic heterocycles. The van der Waals surface area contributed by atoms with Crippen LogP contribution < -0.4 is 0 Å². The molecule has 0 aliphatic carbocycles. The van der Waals surface area contributed by atoms with E-state index in [-0.39, 0.29) is 0 Å². The Morgan fingerprint density at radius 3 is 0.838 bits per heavy atom. The Hall–Kier alpha value is -0.120. The minimum atomic E-state index is -0.524. The van der Waals surface area contributed by atoms with Gasteiger partial charge in [-0.25, -0.2) is 0 Å². The number of ether oxygens (including phenoxy) is 3. The van der Waals surface area contributed by atoms with Crippen LogP contribution >= 0.6 is 0 Å². The van der Waals surface area contributed by atoms with E-state index in [1.54, 1.807) is 0 Å². The van der Waals surface area contributed by atoms with Gasteiger partial charge in [-0.15, -0.1) is 0 Å². The topological polar surface area (TPSA) is 27.7 Å². The summed E-state index contributed by atoms with van der Waals surface area (Å²) < 4.78 is 18.6. The first-order chi connectivity index (χ1) is 17.7. The van der Waals surface area contributed by atoms with Crippen LogP contribution in [-0.4, -0.2) is 26.3 Å². The van der Waals surface area contributed by atoms with Gasteiger partial charge >= 0.3 is 0 Å². The first-order valence-corrected chi connectivity index (χ1v) is 16.6.